The van der Waals surface area contributed by atoms with Gasteiger partial charge in [-0.1, -0.05) is 43.7 Å². The van der Waals surface area contributed by atoms with Crippen molar-refractivity contribution >= 4 is 22.1 Å². The van der Waals surface area contributed by atoms with Crippen molar-refractivity contribution in [3.63, 3.8) is 0 Å². The Kier molecular flexibility index (Phi) is 4.35. The van der Waals surface area contributed by atoms with Crippen LogP contribution in [0, 0.1) is 0 Å². The maximum absolute atomic E-state index is 12.5. The third kappa shape index (κ3) is 2.81. The van der Waals surface area contributed by atoms with Crippen LogP contribution >= 0.6 is 0 Å². The maximum atomic E-state index is 12.5. The maximum Gasteiger partial charge on any atom is 0.261 e. The number of aromatic amines is 2. The number of benzene rings is 1. The first-order valence-electron chi connectivity index (χ1n) is 9.10. The van der Waals surface area contributed by atoms with Gasteiger partial charge in [-0.25, -0.2) is 4.98 Å². The Morgan fingerprint density at radius 3 is 2.25 bits per heavy atom. The van der Waals surface area contributed by atoms with Crippen LogP contribution in [-0.4, -0.2) is 25.2 Å². The molecule has 28 heavy (non-hydrogen) atoms. The molecule has 0 saturated carbocycles. The lowest BCUT2D eigenvalue weighted by atomic mass is 10.0. The Morgan fingerprint density at radius 1 is 0.929 bits per heavy atom. The van der Waals surface area contributed by atoms with Gasteiger partial charge in [0, 0.05) is 0 Å². The molecule has 0 amide bonds. The first-order valence-corrected chi connectivity index (χ1v) is 9.10. The van der Waals surface area contributed by atoms with Gasteiger partial charge in [0.1, 0.15) is 22.8 Å². The van der Waals surface area contributed by atoms with Crippen molar-refractivity contribution in [3.05, 3.63) is 62.7 Å². The zero-order chi connectivity index (χ0) is 19.8. The van der Waals surface area contributed by atoms with Crippen molar-refractivity contribution in [2.24, 2.45) is 0 Å². The summed E-state index contributed by atoms with van der Waals surface area (Å²) in [5, 5.41) is 22.0. The first kappa shape index (κ1) is 17.8. The van der Waals surface area contributed by atoms with Gasteiger partial charge in [0.05, 0.1) is 21.9 Å². The number of aromatic nitrogens is 3. The van der Waals surface area contributed by atoms with E-state index in [2.05, 4.69) is 15.0 Å². The molecular weight excluding hydrogens is 358 g/mol. The van der Waals surface area contributed by atoms with Crippen LogP contribution in [0.3, 0.4) is 0 Å². The number of pyridine rings is 3. The second-order valence-corrected chi connectivity index (χ2v) is 6.71. The molecular formula is C21H19N3O4. The number of hydrogen-bond donors (Lipinski definition) is 4. The summed E-state index contributed by atoms with van der Waals surface area (Å²) in [5.74, 6) is -0.367. The molecule has 4 N–H and O–H groups in total. The van der Waals surface area contributed by atoms with Gasteiger partial charge in [0.15, 0.2) is 0 Å². The van der Waals surface area contributed by atoms with Crippen LogP contribution in [0.4, 0.5) is 0 Å². The van der Waals surface area contributed by atoms with Gasteiger partial charge in [-0.15, -0.1) is 0 Å². The molecule has 0 fully saturated rings. The molecule has 3 heterocycles. The van der Waals surface area contributed by atoms with Crippen molar-refractivity contribution in [2.75, 3.05) is 0 Å². The van der Waals surface area contributed by atoms with Gasteiger partial charge >= 0.3 is 0 Å². The monoisotopic (exact) mass is 377 g/mol. The highest BCUT2D eigenvalue weighted by atomic mass is 16.3. The van der Waals surface area contributed by atoms with Gasteiger partial charge in [-0.2, -0.15) is 0 Å². The zero-order valence-electron chi connectivity index (χ0n) is 15.2. The van der Waals surface area contributed by atoms with Crippen LogP contribution in [0.15, 0.2) is 46.0 Å². The van der Waals surface area contributed by atoms with Gasteiger partial charge in [0.2, 0.25) is 0 Å². The summed E-state index contributed by atoms with van der Waals surface area (Å²) in [7, 11) is 0. The standard InChI is InChI=1S/C21H19N3O4/c1-2-3-9-12-16(25)13-10-14-17(26)15(11-7-5-4-6-8-11)21(28)24-19(14)22-18(13)23-20(12)27/h4-8,10H,2-3,9H2,1H3,(H4,22,23,24,25,26,27,28). The molecule has 7 heteroatoms. The number of rotatable bonds is 4. The molecule has 0 unspecified atom stereocenters. The summed E-state index contributed by atoms with van der Waals surface area (Å²) in [4.78, 5) is 34.4. The van der Waals surface area contributed by atoms with Crippen LogP contribution in [0.25, 0.3) is 33.2 Å². The Labute approximate surface area is 159 Å². The fraction of sp³-hybridized carbons (Fsp3) is 0.190. The first-order chi connectivity index (χ1) is 13.5. The number of H-pyrrole nitrogens is 2. The van der Waals surface area contributed by atoms with Crippen molar-refractivity contribution in [1.29, 1.82) is 0 Å². The third-order valence-corrected chi connectivity index (χ3v) is 4.86. The third-order valence-electron chi connectivity index (χ3n) is 4.86. The van der Waals surface area contributed by atoms with Gasteiger partial charge in [0.25, 0.3) is 11.1 Å². The summed E-state index contributed by atoms with van der Waals surface area (Å²) >= 11 is 0. The number of nitrogens with one attached hydrogen (secondary N) is 2. The molecule has 4 aromatic rings. The molecule has 3 aromatic heterocycles. The molecule has 0 bridgehead atoms. The smallest absolute Gasteiger partial charge is 0.261 e. The molecule has 7 nitrogen and oxygen atoms in total. The minimum atomic E-state index is -0.491. The zero-order valence-corrected chi connectivity index (χ0v) is 15.2. The van der Waals surface area contributed by atoms with E-state index >= 15 is 0 Å². The van der Waals surface area contributed by atoms with Crippen molar-refractivity contribution < 1.29 is 10.2 Å². The van der Waals surface area contributed by atoms with Crippen molar-refractivity contribution in [2.45, 2.75) is 26.2 Å². The molecule has 1 aromatic carbocycles. The van der Waals surface area contributed by atoms with E-state index in [0.29, 0.717) is 22.9 Å². The quantitative estimate of drug-likeness (QED) is 0.407. The van der Waals surface area contributed by atoms with E-state index in [1.165, 1.54) is 6.07 Å². The van der Waals surface area contributed by atoms with Crippen LogP contribution in [0.1, 0.15) is 25.3 Å². The molecule has 0 atom stereocenters. The van der Waals surface area contributed by atoms with E-state index in [1.54, 1.807) is 24.3 Å². The molecule has 142 valence electrons. The van der Waals surface area contributed by atoms with Crippen molar-refractivity contribution in [3.8, 4) is 22.6 Å². The second-order valence-electron chi connectivity index (χ2n) is 6.71. The summed E-state index contributed by atoms with van der Waals surface area (Å²) in [6.07, 6.45) is 2.09. The van der Waals surface area contributed by atoms with Gasteiger partial charge in [-0.05, 0) is 24.5 Å². The Bertz CT molecular complexity index is 1310. The molecule has 0 radical (unpaired) electrons. The molecule has 0 saturated heterocycles. The summed E-state index contributed by atoms with van der Waals surface area (Å²) in [5.41, 5.74) is 0.375. The lowest BCUT2D eigenvalue weighted by Gasteiger charge is -2.10. The van der Waals surface area contributed by atoms with Crippen LogP contribution in [-0.2, 0) is 6.42 Å². The van der Waals surface area contributed by atoms with E-state index in [0.717, 1.165) is 12.8 Å². The molecule has 0 aliphatic rings. The van der Waals surface area contributed by atoms with Crippen LogP contribution in [0.2, 0.25) is 0 Å². The largest absolute Gasteiger partial charge is 0.507 e. The molecule has 0 aliphatic heterocycles. The van der Waals surface area contributed by atoms with Crippen LogP contribution in [0.5, 0.6) is 11.5 Å². The van der Waals surface area contributed by atoms with E-state index in [-0.39, 0.29) is 33.7 Å². The number of aromatic hydroxyl groups is 2. The van der Waals surface area contributed by atoms with Crippen LogP contribution < -0.4 is 11.1 Å². The summed E-state index contributed by atoms with van der Waals surface area (Å²) in [6, 6.07) is 10.3. The SMILES string of the molecule is CCCCc1c(O)c2cc3c(O)c(-c4ccccc4)c(=O)[nH]c3nc2[nH]c1=O. The second kappa shape index (κ2) is 6.84. The normalized spacial score (nSPS) is 11.3. The predicted molar refractivity (Wildman–Crippen MR) is 108 cm³/mol. The Hall–Kier alpha value is -3.61. The minimum absolute atomic E-state index is 0.129. The Balaban J connectivity index is 2.03. The van der Waals surface area contributed by atoms with E-state index < -0.39 is 11.1 Å². The van der Waals surface area contributed by atoms with Gasteiger partial charge < -0.3 is 20.2 Å². The fourth-order valence-electron chi connectivity index (χ4n) is 3.39. The predicted octanol–water partition coefficient (Wildman–Crippen LogP) is 3.19. The van der Waals surface area contributed by atoms with Gasteiger partial charge in [-0.3, -0.25) is 9.59 Å². The highest BCUT2D eigenvalue weighted by Crippen LogP contribution is 2.34. The number of nitrogens with zero attached hydrogens (tertiary/aromatic N) is 1. The van der Waals surface area contributed by atoms with E-state index in [4.69, 9.17) is 0 Å². The van der Waals surface area contributed by atoms with Crippen molar-refractivity contribution in [1.82, 2.24) is 15.0 Å². The average molecular weight is 377 g/mol. The summed E-state index contributed by atoms with van der Waals surface area (Å²) < 4.78 is 0. The number of fused-ring (bicyclic) bond motifs is 2. The summed E-state index contributed by atoms with van der Waals surface area (Å²) in [6.45, 7) is 2.00. The lowest BCUT2D eigenvalue weighted by molar-refractivity contribution is 0.471. The number of hydrogen-bond acceptors (Lipinski definition) is 5. The minimum Gasteiger partial charge on any atom is -0.507 e. The lowest BCUT2D eigenvalue weighted by Crippen LogP contribution is -2.14. The average Bonchev–Trinajstić information content (AvgIpc) is 2.68. The Morgan fingerprint density at radius 2 is 1.57 bits per heavy atom. The topological polar surface area (TPSA) is 119 Å². The molecule has 0 spiro atoms. The van der Waals surface area contributed by atoms with E-state index in [1.807, 2.05) is 13.0 Å². The molecule has 0 aliphatic carbocycles. The van der Waals surface area contributed by atoms with E-state index in [9.17, 15) is 19.8 Å². The molecule has 4 rings (SSSR count). The highest BCUT2D eigenvalue weighted by Gasteiger charge is 2.18. The number of unbranched alkanes of at least 4 members (excludes halogenated alkanes) is 1. The fourth-order valence-corrected chi connectivity index (χ4v) is 3.39. The highest BCUT2D eigenvalue weighted by molar-refractivity contribution is 5.98.